The van der Waals surface area contributed by atoms with Crippen molar-refractivity contribution in [2.75, 3.05) is 0 Å². The molecule has 1 heterocycles. The molecule has 0 saturated heterocycles. The number of thioether (sulfide) groups is 1. The third-order valence-corrected chi connectivity index (χ3v) is 4.29. The fourth-order valence-electron chi connectivity index (χ4n) is 1.72. The molecule has 0 fully saturated rings. The van der Waals surface area contributed by atoms with Gasteiger partial charge < -0.3 is 9.15 Å². The first kappa shape index (κ1) is 16.0. The van der Waals surface area contributed by atoms with E-state index >= 15 is 0 Å². The molecule has 0 unspecified atom stereocenters. The van der Waals surface area contributed by atoms with Gasteiger partial charge in [0.1, 0.15) is 5.75 Å². The summed E-state index contributed by atoms with van der Waals surface area (Å²) in [5, 5.41) is 7.80. The maximum atomic E-state index is 12.1. The molecular formula is C16H11IN2O3S. The number of ether oxygens (including phenoxy) is 1. The monoisotopic (exact) mass is 438 g/mol. The molecule has 23 heavy (non-hydrogen) atoms. The Morgan fingerprint density at radius 1 is 1.09 bits per heavy atom. The Bertz CT molecular complexity index is 791. The molecule has 0 amide bonds. The van der Waals surface area contributed by atoms with Crippen molar-refractivity contribution in [3.05, 3.63) is 69.6 Å². The normalized spacial score (nSPS) is 10.5. The molecule has 3 rings (SSSR count). The zero-order valence-electron chi connectivity index (χ0n) is 11.8. The van der Waals surface area contributed by atoms with Crippen molar-refractivity contribution in [1.29, 1.82) is 0 Å². The molecule has 0 spiro atoms. The minimum absolute atomic E-state index is 0.138. The summed E-state index contributed by atoms with van der Waals surface area (Å²) in [6, 6.07) is 16.6. The summed E-state index contributed by atoms with van der Waals surface area (Å²) in [5.74, 6) is 1.04. The fraction of sp³-hybridized carbons (Fsp3) is 0.0625. The van der Waals surface area contributed by atoms with Gasteiger partial charge in [0.25, 0.3) is 11.1 Å². The van der Waals surface area contributed by atoms with Gasteiger partial charge in [0.05, 0.1) is 0 Å². The lowest BCUT2D eigenvalue weighted by Gasteiger charge is -2.01. The molecule has 1 aromatic heterocycles. The van der Waals surface area contributed by atoms with Gasteiger partial charge in [0.15, 0.2) is 6.61 Å². The predicted molar refractivity (Wildman–Crippen MR) is 94.4 cm³/mol. The number of nitrogens with zero attached hydrogens (tertiary/aromatic N) is 2. The molecule has 0 bridgehead atoms. The van der Waals surface area contributed by atoms with Crippen LogP contribution in [-0.2, 0) is 6.61 Å². The molecule has 2 aromatic carbocycles. The van der Waals surface area contributed by atoms with Gasteiger partial charge in [-0.3, -0.25) is 4.79 Å². The highest BCUT2D eigenvalue weighted by molar-refractivity contribution is 14.1. The van der Waals surface area contributed by atoms with E-state index in [4.69, 9.17) is 9.15 Å². The van der Waals surface area contributed by atoms with E-state index < -0.39 is 0 Å². The molecular weight excluding hydrogens is 427 g/mol. The second-order valence-corrected chi connectivity index (χ2v) is 6.63. The molecule has 0 N–H and O–H groups in total. The van der Waals surface area contributed by atoms with Gasteiger partial charge in [0.2, 0.25) is 5.12 Å². The van der Waals surface area contributed by atoms with Crippen LogP contribution in [0, 0.1) is 3.57 Å². The molecule has 0 atom stereocenters. The summed E-state index contributed by atoms with van der Waals surface area (Å²) in [4.78, 5) is 12.1. The maximum absolute atomic E-state index is 12.1. The summed E-state index contributed by atoms with van der Waals surface area (Å²) >= 11 is 3.10. The molecule has 5 nitrogen and oxygen atoms in total. The van der Waals surface area contributed by atoms with Gasteiger partial charge in [-0.2, -0.15) is 0 Å². The van der Waals surface area contributed by atoms with E-state index in [1.807, 2.05) is 42.5 Å². The van der Waals surface area contributed by atoms with Crippen LogP contribution in [0.3, 0.4) is 0 Å². The lowest BCUT2D eigenvalue weighted by atomic mass is 10.2. The zero-order chi connectivity index (χ0) is 16.1. The Labute approximate surface area is 150 Å². The Hall–Kier alpha value is -1.87. The number of carbonyl (C=O) groups is 1. The number of aromatic nitrogens is 2. The van der Waals surface area contributed by atoms with Crippen molar-refractivity contribution in [2.45, 2.75) is 11.8 Å². The van der Waals surface area contributed by atoms with Crippen molar-refractivity contribution in [3.63, 3.8) is 0 Å². The standard InChI is InChI=1S/C16H11IN2O3S/c17-12-8-6-11(7-9-12)15(20)23-16-19-18-14(22-16)10-21-13-4-2-1-3-5-13/h1-9H,10H2. The second kappa shape index (κ2) is 7.60. The van der Waals surface area contributed by atoms with Crippen LogP contribution in [0.25, 0.3) is 0 Å². The Morgan fingerprint density at radius 3 is 2.57 bits per heavy atom. The smallest absolute Gasteiger partial charge is 0.284 e. The van der Waals surface area contributed by atoms with Gasteiger partial charge in [-0.25, -0.2) is 0 Å². The van der Waals surface area contributed by atoms with Gasteiger partial charge in [-0.1, -0.05) is 18.2 Å². The van der Waals surface area contributed by atoms with Crippen molar-refractivity contribution in [1.82, 2.24) is 10.2 Å². The first-order valence-electron chi connectivity index (χ1n) is 6.69. The average Bonchev–Trinajstić information content (AvgIpc) is 3.02. The van der Waals surface area contributed by atoms with Gasteiger partial charge in [-0.05, 0) is 59.0 Å². The first-order chi connectivity index (χ1) is 11.2. The minimum atomic E-state index is -0.138. The number of benzene rings is 2. The topological polar surface area (TPSA) is 65.2 Å². The Balaban J connectivity index is 1.58. The van der Waals surface area contributed by atoms with Crippen molar-refractivity contribution in [2.24, 2.45) is 0 Å². The van der Waals surface area contributed by atoms with Crippen LogP contribution in [-0.4, -0.2) is 15.3 Å². The van der Waals surface area contributed by atoms with Crippen molar-refractivity contribution in [3.8, 4) is 5.75 Å². The van der Waals surface area contributed by atoms with Crippen LogP contribution < -0.4 is 4.74 Å². The average molecular weight is 438 g/mol. The molecule has 7 heteroatoms. The zero-order valence-corrected chi connectivity index (χ0v) is 14.8. The number of halogens is 1. The summed E-state index contributed by atoms with van der Waals surface area (Å²) in [5.41, 5.74) is 0.593. The van der Waals surface area contributed by atoms with Crippen LogP contribution in [0.15, 0.2) is 64.2 Å². The van der Waals surface area contributed by atoms with Crippen LogP contribution in [0.4, 0.5) is 0 Å². The number of rotatable bonds is 5. The van der Waals surface area contributed by atoms with Crippen LogP contribution in [0.2, 0.25) is 0 Å². The van der Waals surface area contributed by atoms with Crippen LogP contribution in [0.1, 0.15) is 16.2 Å². The lowest BCUT2D eigenvalue weighted by molar-refractivity contribution is 0.108. The highest BCUT2D eigenvalue weighted by Crippen LogP contribution is 2.22. The third-order valence-electron chi connectivity index (χ3n) is 2.81. The van der Waals surface area contributed by atoms with Crippen molar-refractivity contribution >= 4 is 39.5 Å². The van der Waals surface area contributed by atoms with Gasteiger partial charge in [-0.15, -0.1) is 10.2 Å². The quantitative estimate of drug-likeness (QED) is 0.440. The number of carbonyl (C=O) groups excluding carboxylic acids is 1. The summed E-state index contributed by atoms with van der Waals surface area (Å²) in [6.45, 7) is 0.162. The number of para-hydroxylation sites is 1. The van der Waals surface area contributed by atoms with E-state index in [9.17, 15) is 4.79 Å². The molecule has 0 aliphatic rings. The van der Waals surface area contributed by atoms with E-state index in [1.165, 1.54) is 0 Å². The van der Waals surface area contributed by atoms with E-state index in [0.29, 0.717) is 11.5 Å². The maximum Gasteiger partial charge on any atom is 0.284 e. The Morgan fingerprint density at radius 2 is 1.83 bits per heavy atom. The summed E-state index contributed by atoms with van der Waals surface area (Å²) in [6.07, 6.45) is 0. The first-order valence-corrected chi connectivity index (χ1v) is 8.58. The molecule has 0 aliphatic carbocycles. The SMILES string of the molecule is O=C(Sc1nnc(COc2ccccc2)o1)c1ccc(I)cc1. The fourth-order valence-corrected chi connectivity index (χ4v) is 2.72. The predicted octanol–water partition coefficient (Wildman–Crippen LogP) is 4.19. The molecule has 0 saturated carbocycles. The summed E-state index contributed by atoms with van der Waals surface area (Å²) < 4.78 is 12.0. The van der Waals surface area contributed by atoms with Crippen LogP contribution >= 0.6 is 34.4 Å². The molecule has 0 radical (unpaired) electrons. The van der Waals surface area contributed by atoms with Gasteiger partial charge >= 0.3 is 0 Å². The molecule has 0 aliphatic heterocycles. The van der Waals surface area contributed by atoms with E-state index in [-0.39, 0.29) is 16.9 Å². The number of hydrogen-bond acceptors (Lipinski definition) is 6. The van der Waals surface area contributed by atoms with E-state index in [2.05, 4.69) is 32.8 Å². The number of hydrogen-bond donors (Lipinski definition) is 0. The van der Waals surface area contributed by atoms with E-state index in [0.717, 1.165) is 21.1 Å². The van der Waals surface area contributed by atoms with E-state index in [1.54, 1.807) is 12.1 Å². The van der Waals surface area contributed by atoms with Crippen molar-refractivity contribution < 1.29 is 13.9 Å². The highest BCUT2D eigenvalue weighted by Gasteiger charge is 2.14. The molecule has 3 aromatic rings. The highest BCUT2D eigenvalue weighted by atomic mass is 127. The second-order valence-electron chi connectivity index (χ2n) is 4.46. The van der Waals surface area contributed by atoms with Crippen LogP contribution in [0.5, 0.6) is 5.75 Å². The minimum Gasteiger partial charge on any atom is -0.484 e. The lowest BCUT2D eigenvalue weighted by Crippen LogP contribution is -1.95. The Kier molecular flexibility index (Phi) is 5.29. The molecule has 116 valence electrons. The summed E-state index contributed by atoms with van der Waals surface area (Å²) in [7, 11) is 0. The van der Waals surface area contributed by atoms with Gasteiger partial charge in [0, 0.05) is 20.9 Å². The third kappa shape index (κ3) is 4.55. The largest absolute Gasteiger partial charge is 0.484 e.